The number of rotatable bonds is 16. The van der Waals surface area contributed by atoms with Gasteiger partial charge in [-0.2, -0.15) is 0 Å². The van der Waals surface area contributed by atoms with Crippen molar-refractivity contribution in [2.24, 2.45) is 5.41 Å². The SMILES string of the molecule is CCC1(COc2ccc(-c3ccc(OCCCCCCCCOc4ccccc4)cc3)cc2)COC1. The molecular formula is C32H40O4. The second-order valence-electron chi connectivity index (χ2n) is 9.82. The van der Waals surface area contributed by atoms with Gasteiger partial charge in [-0.05, 0) is 66.8 Å². The maximum absolute atomic E-state index is 6.02. The van der Waals surface area contributed by atoms with Crippen LogP contribution in [0, 0.1) is 5.41 Å². The van der Waals surface area contributed by atoms with Crippen LogP contribution in [-0.2, 0) is 4.74 Å². The van der Waals surface area contributed by atoms with Crippen molar-refractivity contribution >= 4 is 0 Å². The van der Waals surface area contributed by atoms with Crippen molar-refractivity contribution in [1.29, 1.82) is 0 Å². The predicted molar refractivity (Wildman–Crippen MR) is 146 cm³/mol. The van der Waals surface area contributed by atoms with Crippen LogP contribution in [-0.4, -0.2) is 33.0 Å². The summed E-state index contributed by atoms with van der Waals surface area (Å²) >= 11 is 0. The van der Waals surface area contributed by atoms with E-state index in [1.807, 2.05) is 30.3 Å². The molecule has 0 saturated carbocycles. The Balaban J connectivity index is 1.06. The van der Waals surface area contributed by atoms with Gasteiger partial charge < -0.3 is 18.9 Å². The summed E-state index contributed by atoms with van der Waals surface area (Å²) in [6.45, 7) is 6.11. The second-order valence-corrected chi connectivity index (χ2v) is 9.82. The highest BCUT2D eigenvalue weighted by Gasteiger charge is 2.37. The van der Waals surface area contributed by atoms with E-state index in [0.29, 0.717) is 0 Å². The van der Waals surface area contributed by atoms with Crippen molar-refractivity contribution < 1.29 is 18.9 Å². The van der Waals surface area contributed by atoms with E-state index in [0.717, 1.165) is 69.5 Å². The van der Waals surface area contributed by atoms with Gasteiger partial charge in [0.1, 0.15) is 17.2 Å². The maximum Gasteiger partial charge on any atom is 0.119 e. The van der Waals surface area contributed by atoms with E-state index in [2.05, 4.69) is 55.5 Å². The number of ether oxygens (including phenoxy) is 4. The molecule has 36 heavy (non-hydrogen) atoms. The molecule has 0 amide bonds. The summed E-state index contributed by atoms with van der Waals surface area (Å²) in [5.74, 6) is 2.81. The molecule has 3 aromatic rings. The Labute approximate surface area is 216 Å². The molecule has 0 aromatic heterocycles. The molecule has 1 aliphatic rings. The molecule has 0 bridgehead atoms. The minimum absolute atomic E-state index is 0.201. The molecule has 0 N–H and O–H groups in total. The number of benzene rings is 3. The zero-order chi connectivity index (χ0) is 24.9. The van der Waals surface area contributed by atoms with Crippen LogP contribution in [0.5, 0.6) is 17.2 Å². The average Bonchev–Trinajstić information content (AvgIpc) is 2.91. The van der Waals surface area contributed by atoms with Crippen LogP contribution in [0.15, 0.2) is 78.9 Å². The van der Waals surface area contributed by atoms with E-state index >= 15 is 0 Å². The number of hydrogen-bond donors (Lipinski definition) is 0. The molecule has 4 heteroatoms. The Morgan fingerprint density at radius 3 is 1.53 bits per heavy atom. The topological polar surface area (TPSA) is 36.9 Å². The lowest BCUT2D eigenvalue weighted by molar-refractivity contribution is -0.133. The molecule has 1 saturated heterocycles. The van der Waals surface area contributed by atoms with Crippen molar-refractivity contribution in [3.63, 3.8) is 0 Å². The Kier molecular flexibility index (Phi) is 10.1. The summed E-state index contributed by atoms with van der Waals surface area (Å²) in [6.07, 6.45) is 8.23. The minimum atomic E-state index is 0.201. The van der Waals surface area contributed by atoms with Crippen LogP contribution in [0.25, 0.3) is 11.1 Å². The van der Waals surface area contributed by atoms with Gasteiger partial charge in [0.05, 0.1) is 38.4 Å². The maximum atomic E-state index is 6.02. The van der Waals surface area contributed by atoms with E-state index in [1.54, 1.807) is 0 Å². The third-order valence-corrected chi connectivity index (χ3v) is 6.97. The van der Waals surface area contributed by atoms with Crippen LogP contribution >= 0.6 is 0 Å². The van der Waals surface area contributed by atoms with Crippen LogP contribution in [0.3, 0.4) is 0 Å². The quantitative estimate of drug-likeness (QED) is 0.192. The van der Waals surface area contributed by atoms with Gasteiger partial charge in [-0.15, -0.1) is 0 Å². The van der Waals surface area contributed by atoms with Gasteiger partial charge >= 0.3 is 0 Å². The van der Waals surface area contributed by atoms with Crippen molar-refractivity contribution in [3.05, 3.63) is 78.9 Å². The molecule has 0 aliphatic carbocycles. The average molecular weight is 489 g/mol. The highest BCUT2D eigenvalue weighted by atomic mass is 16.5. The van der Waals surface area contributed by atoms with Crippen molar-refractivity contribution in [1.82, 2.24) is 0 Å². The molecule has 192 valence electrons. The zero-order valence-electron chi connectivity index (χ0n) is 21.6. The lowest BCUT2D eigenvalue weighted by atomic mass is 9.84. The smallest absolute Gasteiger partial charge is 0.119 e. The summed E-state index contributed by atoms with van der Waals surface area (Å²) in [6, 6.07) is 26.8. The molecule has 0 radical (unpaired) electrons. The number of para-hydroxylation sites is 1. The Bertz CT molecular complexity index is 989. The van der Waals surface area contributed by atoms with E-state index in [1.165, 1.54) is 36.8 Å². The highest BCUT2D eigenvalue weighted by molar-refractivity contribution is 5.64. The van der Waals surface area contributed by atoms with Gasteiger partial charge in [0, 0.05) is 0 Å². The van der Waals surface area contributed by atoms with Gasteiger partial charge in [0.15, 0.2) is 0 Å². The van der Waals surface area contributed by atoms with Crippen molar-refractivity contribution in [2.75, 3.05) is 33.0 Å². The van der Waals surface area contributed by atoms with E-state index in [9.17, 15) is 0 Å². The van der Waals surface area contributed by atoms with Crippen LogP contribution in [0.1, 0.15) is 51.9 Å². The third-order valence-electron chi connectivity index (χ3n) is 6.97. The molecule has 0 atom stereocenters. The first kappa shape index (κ1) is 26.1. The first-order valence-electron chi connectivity index (χ1n) is 13.5. The van der Waals surface area contributed by atoms with Gasteiger partial charge in [-0.1, -0.05) is 75.1 Å². The summed E-state index contributed by atoms with van der Waals surface area (Å²) in [5, 5.41) is 0. The Morgan fingerprint density at radius 1 is 0.583 bits per heavy atom. The molecule has 1 heterocycles. The van der Waals surface area contributed by atoms with E-state index < -0.39 is 0 Å². The summed E-state index contributed by atoms with van der Waals surface area (Å²) in [4.78, 5) is 0. The van der Waals surface area contributed by atoms with Gasteiger partial charge in [0.2, 0.25) is 0 Å². The summed E-state index contributed by atoms with van der Waals surface area (Å²) in [5.41, 5.74) is 2.56. The lowest BCUT2D eigenvalue weighted by Gasteiger charge is -2.40. The minimum Gasteiger partial charge on any atom is -0.494 e. The Morgan fingerprint density at radius 2 is 1.06 bits per heavy atom. The first-order valence-corrected chi connectivity index (χ1v) is 13.5. The summed E-state index contributed by atoms with van der Waals surface area (Å²) < 4.78 is 23.1. The molecule has 3 aromatic carbocycles. The number of hydrogen-bond acceptors (Lipinski definition) is 4. The fraction of sp³-hybridized carbons (Fsp3) is 0.438. The van der Waals surface area contributed by atoms with Crippen LogP contribution < -0.4 is 14.2 Å². The molecule has 0 unspecified atom stereocenters. The largest absolute Gasteiger partial charge is 0.494 e. The van der Waals surface area contributed by atoms with E-state index in [4.69, 9.17) is 18.9 Å². The molecule has 4 nitrogen and oxygen atoms in total. The Hall–Kier alpha value is -2.98. The molecule has 1 fully saturated rings. The molecular weight excluding hydrogens is 448 g/mol. The normalized spacial score (nSPS) is 14.1. The van der Waals surface area contributed by atoms with Gasteiger partial charge in [-0.3, -0.25) is 0 Å². The van der Waals surface area contributed by atoms with Crippen molar-refractivity contribution in [2.45, 2.75) is 51.9 Å². The lowest BCUT2D eigenvalue weighted by Crippen LogP contribution is -2.46. The summed E-state index contributed by atoms with van der Waals surface area (Å²) in [7, 11) is 0. The van der Waals surface area contributed by atoms with Gasteiger partial charge in [0.25, 0.3) is 0 Å². The van der Waals surface area contributed by atoms with Gasteiger partial charge in [-0.25, -0.2) is 0 Å². The molecule has 4 rings (SSSR count). The molecule has 1 aliphatic heterocycles. The fourth-order valence-electron chi connectivity index (χ4n) is 4.31. The standard InChI is InChI=1S/C32H40O4/c1-2-32(24-33-25-32)26-36-31-20-16-28(17-21-31)27-14-18-30(19-15-27)35-23-11-6-4-3-5-10-22-34-29-12-8-7-9-13-29/h7-9,12-21H,2-6,10-11,22-26H2,1H3. The monoisotopic (exact) mass is 488 g/mol. The highest BCUT2D eigenvalue weighted by Crippen LogP contribution is 2.32. The molecule has 0 spiro atoms. The predicted octanol–water partition coefficient (Wildman–Crippen LogP) is 7.96. The fourth-order valence-corrected chi connectivity index (χ4v) is 4.31. The van der Waals surface area contributed by atoms with Crippen LogP contribution in [0.2, 0.25) is 0 Å². The second kappa shape index (κ2) is 13.9. The first-order chi connectivity index (χ1) is 17.8. The van der Waals surface area contributed by atoms with Crippen LogP contribution in [0.4, 0.5) is 0 Å². The van der Waals surface area contributed by atoms with E-state index in [-0.39, 0.29) is 5.41 Å². The van der Waals surface area contributed by atoms with Crippen molar-refractivity contribution in [3.8, 4) is 28.4 Å². The number of unbranched alkanes of at least 4 members (excludes halogenated alkanes) is 5. The zero-order valence-corrected chi connectivity index (χ0v) is 21.6. The third kappa shape index (κ3) is 8.03.